The molecule has 21 heavy (non-hydrogen) atoms. The van der Waals surface area contributed by atoms with Gasteiger partial charge in [0.25, 0.3) is 0 Å². The van der Waals surface area contributed by atoms with E-state index < -0.39 is 0 Å². The van der Waals surface area contributed by atoms with Gasteiger partial charge in [0.1, 0.15) is 5.75 Å². The Bertz CT molecular complexity index is 762. The molecule has 0 aliphatic heterocycles. The van der Waals surface area contributed by atoms with Crippen LogP contribution in [0.1, 0.15) is 5.69 Å². The molecule has 0 bridgehead atoms. The number of aryl methyl sites for hydroxylation is 1. The first kappa shape index (κ1) is 13.2. The number of rotatable bonds is 3. The molecular formula is C16H16N4O. The van der Waals surface area contributed by atoms with E-state index in [2.05, 4.69) is 15.2 Å². The fourth-order valence-corrected chi connectivity index (χ4v) is 2.35. The SMILES string of the molecule is COc1ccc(-c2c(N)n[nH]c2-c2cccnc2C)cc1. The average molecular weight is 280 g/mol. The van der Waals surface area contributed by atoms with E-state index in [1.54, 1.807) is 13.3 Å². The van der Waals surface area contributed by atoms with E-state index in [0.717, 1.165) is 33.8 Å². The van der Waals surface area contributed by atoms with Crippen molar-refractivity contribution < 1.29 is 4.74 Å². The lowest BCUT2D eigenvalue weighted by Gasteiger charge is -2.07. The predicted molar refractivity (Wildman–Crippen MR) is 83.0 cm³/mol. The first-order valence-corrected chi connectivity index (χ1v) is 6.61. The third-order valence-corrected chi connectivity index (χ3v) is 3.45. The number of nitrogen functional groups attached to an aromatic ring is 1. The van der Waals surface area contributed by atoms with Crippen molar-refractivity contribution >= 4 is 5.82 Å². The molecule has 3 N–H and O–H groups in total. The Kier molecular flexibility index (Phi) is 3.31. The molecule has 1 aromatic carbocycles. The van der Waals surface area contributed by atoms with Gasteiger partial charge in [-0.3, -0.25) is 10.1 Å². The monoisotopic (exact) mass is 280 g/mol. The number of H-pyrrole nitrogens is 1. The van der Waals surface area contributed by atoms with Gasteiger partial charge >= 0.3 is 0 Å². The van der Waals surface area contributed by atoms with Crippen molar-refractivity contribution in [3.8, 4) is 28.1 Å². The van der Waals surface area contributed by atoms with Gasteiger partial charge in [0.2, 0.25) is 0 Å². The van der Waals surface area contributed by atoms with E-state index in [-0.39, 0.29) is 0 Å². The van der Waals surface area contributed by atoms with Gasteiger partial charge in [0.15, 0.2) is 5.82 Å². The van der Waals surface area contributed by atoms with Crippen LogP contribution in [0.4, 0.5) is 5.82 Å². The summed E-state index contributed by atoms with van der Waals surface area (Å²) in [5.74, 6) is 1.28. The van der Waals surface area contributed by atoms with Crippen LogP contribution in [0.5, 0.6) is 5.75 Å². The Hall–Kier alpha value is -2.82. The number of aromatic nitrogens is 3. The Morgan fingerprint density at radius 2 is 1.90 bits per heavy atom. The summed E-state index contributed by atoms with van der Waals surface area (Å²) in [5, 5.41) is 7.16. The van der Waals surface area contributed by atoms with Gasteiger partial charge in [0.05, 0.1) is 18.4 Å². The number of anilines is 1. The second-order valence-corrected chi connectivity index (χ2v) is 4.72. The normalized spacial score (nSPS) is 10.6. The molecule has 0 radical (unpaired) electrons. The fourth-order valence-electron chi connectivity index (χ4n) is 2.35. The number of nitrogens with zero attached hydrogens (tertiary/aromatic N) is 2. The van der Waals surface area contributed by atoms with Gasteiger partial charge < -0.3 is 10.5 Å². The highest BCUT2D eigenvalue weighted by atomic mass is 16.5. The van der Waals surface area contributed by atoms with Crippen LogP contribution in [-0.2, 0) is 0 Å². The number of nitrogens with two attached hydrogens (primary N) is 1. The van der Waals surface area contributed by atoms with E-state index in [1.165, 1.54) is 0 Å². The molecule has 0 saturated heterocycles. The fraction of sp³-hybridized carbons (Fsp3) is 0.125. The highest BCUT2D eigenvalue weighted by Crippen LogP contribution is 2.36. The van der Waals surface area contributed by atoms with Crippen molar-refractivity contribution in [2.45, 2.75) is 6.92 Å². The Labute approximate surface area is 122 Å². The summed E-state index contributed by atoms with van der Waals surface area (Å²) in [5.41, 5.74) is 10.7. The number of hydrogen-bond donors (Lipinski definition) is 2. The van der Waals surface area contributed by atoms with Crippen LogP contribution in [0.2, 0.25) is 0 Å². The Balaban J connectivity index is 2.15. The van der Waals surface area contributed by atoms with Crippen LogP contribution in [0.25, 0.3) is 22.4 Å². The van der Waals surface area contributed by atoms with Crippen LogP contribution < -0.4 is 10.5 Å². The maximum atomic E-state index is 6.04. The van der Waals surface area contributed by atoms with E-state index >= 15 is 0 Å². The molecule has 5 nitrogen and oxygen atoms in total. The average Bonchev–Trinajstić information content (AvgIpc) is 2.89. The van der Waals surface area contributed by atoms with Crippen LogP contribution >= 0.6 is 0 Å². The summed E-state index contributed by atoms with van der Waals surface area (Å²) < 4.78 is 5.19. The van der Waals surface area contributed by atoms with Crippen molar-refractivity contribution in [1.82, 2.24) is 15.2 Å². The third kappa shape index (κ3) is 2.33. The van der Waals surface area contributed by atoms with Gasteiger partial charge in [-0.05, 0) is 36.8 Å². The van der Waals surface area contributed by atoms with Crippen molar-refractivity contribution in [2.24, 2.45) is 0 Å². The molecule has 5 heteroatoms. The van der Waals surface area contributed by atoms with E-state index in [4.69, 9.17) is 10.5 Å². The summed E-state index contributed by atoms with van der Waals surface area (Å²) in [6, 6.07) is 11.6. The Morgan fingerprint density at radius 1 is 1.14 bits per heavy atom. The lowest BCUT2D eigenvalue weighted by atomic mass is 10.00. The zero-order valence-corrected chi connectivity index (χ0v) is 11.9. The number of methoxy groups -OCH3 is 1. The van der Waals surface area contributed by atoms with Crippen LogP contribution in [0, 0.1) is 6.92 Å². The van der Waals surface area contributed by atoms with Gasteiger partial charge in [-0.1, -0.05) is 12.1 Å². The summed E-state index contributed by atoms with van der Waals surface area (Å²) >= 11 is 0. The molecule has 2 aromatic heterocycles. The highest BCUT2D eigenvalue weighted by Gasteiger charge is 2.16. The molecule has 0 atom stereocenters. The van der Waals surface area contributed by atoms with E-state index in [1.807, 2.05) is 43.3 Å². The smallest absolute Gasteiger partial charge is 0.153 e. The van der Waals surface area contributed by atoms with Crippen LogP contribution in [0.3, 0.4) is 0 Å². The summed E-state index contributed by atoms with van der Waals surface area (Å²) in [6.07, 6.45) is 1.77. The molecule has 2 heterocycles. The molecule has 0 unspecified atom stereocenters. The number of ether oxygens (including phenoxy) is 1. The molecule has 0 spiro atoms. The van der Waals surface area contributed by atoms with Crippen molar-refractivity contribution in [1.29, 1.82) is 0 Å². The minimum atomic E-state index is 0.471. The standard InChI is InChI=1S/C16H16N4O/c1-10-13(4-3-9-18-10)15-14(16(17)20-19-15)11-5-7-12(21-2)8-6-11/h3-9H,1-2H3,(H3,17,19,20). The number of benzene rings is 1. The molecule has 0 saturated carbocycles. The number of aromatic amines is 1. The van der Waals surface area contributed by atoms with Crippen molar-refractivity contribution in [3.63, 3.8) is 0 Å². The van der Waals surface area contributed by atoms with Gasteiger partial charge in [-0.2, -0.15) is 5.10 Å². The first-order chi connectivity index (χ1) is 10.2. The topological polar surface area (TPSA) is 76.8 Å². The van der Waals surface area contributed by atoms with E-state index in [0.29, 0.717) is 5.82 Å². The molecule has 106 valence electrons. The zero-order valence-electron chi connectivity index (χ0n) is 11.9. The molecule has 3 aromatic rings. The second-order valence-electron chi connectivity index (χ2n) is 4.72. The number of pyridine rings is 1. The largest absolute Gasteiger partial charge is 0.497 e. The lowest BCUT2D eigenvalue weighted by Crippen LogP contribution is -1.91. The third-order valence-electron chi connectivity index (χ3n) is 3.45. The molecule has 0 fully saturated rings. The molecule has 3 rings (SSSR count). The predicted octanol–water partition coefficient (Wildman–Crippen LogP) is 3.04. The van der Waals surface area contributed by atoms with Gasteiger partial charge in [-0.25, -0.2) is 0 Å². The maximum Gasteiger partial charge on any atom is 0.153 e. The highest BCUT2D eigenvalue weighted by molar-refractivity contribution is 5.88. The molecule has 0 aliphatic carbocycles. The van der Waals surface area contributed by atoms with Crippen molar-refractivity contribution in [2.75, 3.05) is 12.8 Å². The molecular weight excluding hydrogens is 264 g/mol. The summed E-state index contributed by atoms with van der Waals surface area (Å²) in [6.45, 7) is 1.96. The van der Waals surface area contributed by atoms with E-state index in [9.17, 15) is 0 Å². The minimum Gasteiger partial charge on any atom is -0.497 e. The second kappa shape index (κ2) is 5.28. The molecule has 0 amide bonds. The van der Waals surface area contributed by atoms with Crippen LogP contribution in [-0.4, -0.2) is 22.3 Å². The molecule has 0 aliphatic rings. The van der Waals surface area contributed by atoms with Crippen LogP contribution in [0.15, 0.2) is 42.6 Å². The first-order valence-electron chi connectivity index (χ1n) is 6.61. The zero-order chi connectivity index (χ0) is 14.8. The summed E-state index contributed by atoms with van der Waals surface area (Å²) in [4.78, 5) is 4.32. The number of hydrogen-bond acceptors (Lipinski definition) is 4. The van der Waals surface area contributed by atoms with Gasteiger partial charge in [-0.15, -0.1) is 0 Å². The lowest BCUT2D eigenvalue weighted by molar-refractivity contribution is 0.415. The Morgan fingerprint density at radius 3 is 2.57 bits per heavy atom. The summed E-state index contributed by atoms with van der Waals surface area (Å²) in [7, 11) is 1.64. The maximum absolute atomic E-state index is 6.04. The van der Waals surface area contributed by atoms with Crippen molar-refractivity contribution in [3.05, 3.63) is 48.3 Å². The minimum absolute atomic E-state index is 0.471. The van der Waals surface area contributed by atoms with Gasteiger partial charge in [0, 0.05) is 17.5 Å². The number of nitrogens with one attached hydrogen (secondary N) is 1. The quantitative estimate of drug-likeness (QED) is 0.773.